The minimum absolute atomic E-state index is 0.0584. The quantitative estimate of drug-likeness (QED) is 0.628. The fourth-order valence-corrected chi connectivity index (χ4v) is 2.69. The van der Waals surface area contributed by atoms with Crippen molar-refractivity contribution in [1.82, 2.24) is 10.2 Å². The molecule has 0 radical (unpaired) electrons. The maximum absolute atomic E-state index is 12.3. The van der Waals surface area contributed by atoms with Crippen LogP contribution in [-0.4, -0.2) is 43.5 Å². The van der Waals surface area contributed by atoms with Gasteiger partial charge in [-0.2, -0.15) is 0 Å². The zero-order chi connectivity index (χ0) is 21.4. The summed E-state index contributed by atoms with van der Waals surface area (Å²) in [5.74, 6) is 0.964. The molecule has 0 aliphatic heterocycles. The SMILES string of the molecule is COc1cc(/C=C/C(=O)N(C)CC(=O)NCc2ccco2)cc(Cl)c1OC(C)C. The van der Waals surface area contributed by atoms with Gasteiger partial charge in [-0.15, -0.1) is 0 Å². The molecule has 0 fully saturated rings. The molecule has 0 bridgehead atoms. The lowest BCUT2D eigenvalue weighted by atomic mass is 10.1. The zero-order valence-electron chi connectivity index (χ0n) is 16.9. The summed E-state index contributed by atoms with van der Waals surface area (Å²) in [6, 6.07) is 6.91. The summed E-state index contributed by atoms with van der Waals surface area (Å²) in [6.45, 7) is 3.98. The number of carbonyl (C=O) groups is 2. The van der Waals surface area contributed by atoms with Gasteiger partial charge in [-0.3, -0.25) is 9.59 Å². The number of rotatable bonds is 9. The Labute approximate surface area is 175 Å². The number of hydrogen-bond acceptors (Lipinski definition) is 5. The molecule has 8 heteroatoms. The van der Waals surface area contributed by atoms with Crippen LogP contribution in [0.5, 0.6) is 11.5 Å². The van der Waals surface area contributed by atoms with Gasteiger partial charge in [0.05, 0.1) is 37.6 Å². The van der Waals surface area contributed by atoms with Crippen LogP contribution in [0, 0.1) is 0 Å². The number of carbonyl (C=O) groups excluding carboxylic acids is 2. The van der Waals surface area contributed by atoms with Crippen molar-refractivity contribution in [2.75, 3.05) is 20.7 Å². The van der Waals surface area contributed by atoms with Gasteiger partial charge in [-0.1, -0.05) is 11.6 Å². The van der Waals surface area contributed by atoms with E-state index >= 15 is 0 Å². The van der Waals surface area contributed by atoms with Crippen LogP contribution in [0.25, 0.3) is 6.08 Å². The summed E-state index contributed by atoms with van der Waals surface area (Å²) < 4.78 is 16.2. The lowest BCUT2D eigenvalue weighted by Gasteiger charge is -2.16. The molecule has 0 atom stereocenters. The summed E-state index contributed by atoms with van der Waals surface area (Å²) in [5, 5.41) is 3.08. The van der Waals surface area contributed by atoms with Crippen LogP contribution in [0.3, 0.4) is 0 Å². The van der Waals surface area contributed by atoms with Crippen LogP contribution < -0.4 is 14.8 Å². The summed E-state index contributed by atoms with van der Waals surface area (Å²) >= 11 is 6.29. The molecular weight excluding hydrogens is 396 g/mol. The van der Waals surface area contributed by atoms with Crippen LogP contribution in [-0.2, 0) is 16.1 Å². The highest BCUT2D eigenvalue weighted by Crippen LogP contribution is 2.37. The van der Waals surface area contributed by atoms with Crippen LogP contribution >= 0.6 is 11.6 Å². The first-order chi connectivity index (χ1) is 13.8. The normalized spacial score (nSPS) is 11.0. The molecule has 0 aliphatic carbocycles. The highest BCUT2D eigenvalue weighted by atomic mass is 35.5. The van der Waals surface area contributed by atoms with E-state index in [0.717, 1.165) is 0 Å². The number of furan rings is 1. The molecule has 0 spiro atoms. The third-order valence-electron chi connectivity index (χ3n) is 3.82. The van der Waals surface area contributed by atoms with E-state index in [2.05, 4.69) is 5.32 Å². The van der Waals surface area contributed by atoms with E-state index in [1.165, 1.54) is 24.3 Å². The minimum atomic E-state index is -0.323. The molecule has 2 rings (SSSR count). The summed E-state index contributed by atoms with van der Waals surface area (Å²) in [5.41, 5.74) is 0.673. The van der Waals surface area contributed by atoms with Crippen LogP contribution in [0.2, 0.25) is 5.02 Å². The lowest BCUT2D eigenvalue weighted by molar-refractivity contribution is -0.131. The molecular formula is C21H25ClN2O5. The van der Waals surface area contributed by atoms with Gasteiger partial charge in [-0.05, 0) is 49.8 Å². The monoisotopic (exact) mass is 420 g/mol. The molecule has 156 valence electrons. The minimum Gasteiger partial charge on any atom is -0.493 e. The second kappa shape index (κ2) is 10.6. The van der Waals surface area contributed by atoms with E-state index in [1.54, 1.807) is 37.4 Å². The number of nitrogens with one attached hydrogen (secondary N) is 1. The molecule has 2 aromatic rings. The summed E-state index contributed by atoms with van der Waals surface area (Å²) in [6.07, 6.45) is 4.45. The Morgan fingerprint density at radius 2 is 2.10 bits per heavy atom. The van der Waals surface area contributed by atoms with Crippen molar-refractivity contribution in [3.63, 3.8) is 0 Å². The molecule has 2 amide bonds. The molecule has 0 unspecified atom stereocenters. The van der Waals surface area contributed by atoms with Crippen molar-refractivity contribution < 1.29 is 23.5 Å². The largest absolute Gasteiger partial charge is 0.493 e. The topological polar surface area (TPSA) is 81.0 Å². The summed E-state index contributed by atoms with van der Waals surface area (Å²) in [7, 11) is 3.07. The van der Waals surface area contributed by atoms with Gasteiger partial charge in [0.25, 0.3) is 0 Å². The van der Waals surface area contributed by atoms with Gasteiger partial charge in [0.1, 0.15) is 5.76 Å². The number of likely N-dealkylation sites (N-methyl/N-ethyl adjacent to an activating group) is 1. The number of nitrogens with zero attached hydrogens (tertiary/aromatic N) is 1. The van der Waals surface area contributed by atoms with Gasteiger partial charge in [-0.25, -0.2) is 0 Å². The fraction of sp³-hybridized carbons (Fsp3) is 0.333. The number of benzene rings is 1. The maximum atomic E-state index is 12.3. The van der Waals surface area contributed by atoms with Gasteiger partial charge in [0.15, 0.2) is 11.5 Å². The highest BCUT2D eigenvalue weighted by molar-refractivity contribution is 6.32. The van der Waals surface area contributed by atoms with Crippen molar-refractivity contribution in [2.45, 2.75) is 26.5 Å². The molecule has 1 N–H and O–H groups in total. The van der Waals surface area contributed by atoms with Crippen molar-refractivity contribution in [3.8, 4) is 11.5 Å². The molecule has 1 heterocycles. The van der Waals surface area contributed by atoms with Gasteiger partial charge in [0.2, 0.25) is 11.8 Å². The molecule has 29 heavy (non-hydrogen) atoms. The Morgan fingerprint density at radius 1 is 1.34 bits per heavy atom. The Hall–Kier alpha value is -2.93. The predicted molar refractivity (Wildman–Crippen MR) is 111 cm³/mol. The molecule has 1 aromatic heterocycles. The average Bonchev–Trinajstić information content (AvgIpc) is 3.19. The smallest absolute Gasteiger partial charge is 0.246 e. The van der Waals surface area contributed by atoms with Gasteiger partial charge >= 0.3 is 0 Å². The first-order valence-corrected chi connectivity index (χ1v) is 9.44. The van der Waals surface area contributed by atoms with E-state index in [1.807, 2.05) is 13.8 Å². The van der Waals surface area contributed by atoms with E-state index in [4.69, 9.17) is 25.5 Å². The second-order valence-electron chi connectivity index (χ2n) is 6.58. The van der Waals surface area contributed by atoms with Gasteiger partial charge < -0.3 is 24.1 Å². The van der Waals surface area contributed by atoms with Crippen molar-refractivity contribution in [3.05, 3.63) is 53.0 Å². The average molecular weight is 421 g/mol. The molecule has 0 saturated carbocycles. The molecule has 1 aromatic carbocycles. The number of ether oxygens (including phenoxy) is 2. The lowest BCUT2D eigenvalue weighted by Crippen LogP contribution is -2.37. The highest BCUT2D eigenvalue weighted by Gasteiger charge is 2.14. The number of methoxy groups -OCH3 is 1. The molecule has 0 saturated heterocycles. The van der Waals surface area contributed by atoms with Crippen LogP contribution in [0.1, 0.15) is 25.2 Å². The van der Waals surface area contributed by atoms with Crippen molar-refractivity contribution in [2.24, 2.45) is 0 Å². The third-order valence-corrected chi connectivity index (χ3v) is 4.10. The van der Waals surface area contributed by atoms with E-state index in [0.29, 0.717) is 27.8 Å². The first-order valence-electron chi connectivity index (χ1n) is 9.06. The molecule has 0 aliphatic rings. The Bertz CT molecular complexity index is 862. The first kappa shape index (κ1) is 22.4. The van der Waals surface area contributed by atoms with E-state index in [9.17, 15) is 9.59 Å². The zero-order valence-corrected chi connectivity index (χ0v) is 17.7. The van der Waals surface area contributed by atoms with Crippen molar-refractivity contribution in [1.29, 1.82) is 0 Å². The fourth-order valence-electron chi connectivity index (χ4n) is 2.43. The van der Waals surface area contributed by atoms with Crippen molar-refractivity contribution >= 4 is 29.5 Å². The number of hydrogen-bond donors (Lipinski definition) is 1. The van der Waals surface area contributed by atoms with E-state index < -0.39 is 0 Å². The molecule has 7 nitrogen and oxygen atoms in total. The number of amides is 2. The summed E-state index contributed by atoms with van der Waals surface area (Å²) in [4.78, 5) is 25.6. The Morgan fingerprint density at radius 3 is 2.72 bits per heavy atom. The maximum Gasteiger partial charge on any atom is 0.246 e. The van der Waals surface area contributed by atoms with E-state index in [-0.39, 0.29) is 31.0 Å². The van der Waals surface area contributed by atoms with Crippen LogP contribution in [0.4, 0.5) is 0 Å². The Balaban J connectivity index is 1.96. The second-order valence-corrected chi connectivity index (χ2v) is 6.99. The third kappa shape index (κ3) is 6.87. The number of halogens is 1. The standard InChI is InChI=1S/C21H25ClN2O5/c1-14(2)29-21-17(22)10-15(11-18(21)27-4)7-8-20(26)24(3)13-19(25)23-12-16-6-5-9-28-16/h5-11,14H,12-13H2,1-4H3,(H,23,25)/b8-7+. The van der Waals surface area contributed by atoms with Gasteiger partial charge in [0, 0.05) is 13.1 Å². The van der Waals surface area contributed by atoms with Crippen LogP contribution in [0.15, 0.2) is 41.0 Å². The Kier molecular flexibility index (Phi) is 8.15. The predicted octanol–water partition coefficient (Wildman–Crippen LogP) is 3.52.